The molecular formula is C9H5BrClF2N3. The Morgan fingerprint density at radius 2 is 1.94 bits per heavy atom. The SMILES string of the molecule is Fc1cc(Br)cc(F)c1-n1cnnc1CCl. The van der Waals surface area contributed by atoms with Gasteiger partial charge in [-0.3, -0.25) is 4.57 Å². The second kappa shape index (κ2) is 4.47. The van der Waals surface area contributed by atoms with Gasteiger partial charge in [0.25, 0.3) is 0 Å². The molecule has 0 radical (unpaired) electrons. The maximum atomic E-state index is 13.6. The number of rotatable bonds is 2. The van der Waals surface area contributed by atoms with E-state index in [0.717, 1.165) is 12.1 Å². The van der Waals surface area contributed by atoms with Gasteiger partial charge in [0.2, 0.25) is 0 Å². The second-order valence-corrected chi connectivity index (χ2v) is 4.15. The van der Waals surface area contributed by atoms with Crippen LogP contribution in [0.5, 0.6) is 0 Å². The molecule has 0 saturated carbocycles. The zero-order valence-corrected chi connectivity index (χ0v) is 10.1. The van der Waals surface area contributed by atoms with E-state index in [0.29, 0.717) is 4.47 Å². The second-order valence-electron chi connectivity index (χ2n) is 2.97. The molecule has 0 aliphatic heterocycles. The van der Waals surface area contributed by atoms with Gasteiger partial charge in [0, 0.05) is 4.47 Å². The molecule has 0 amide bonds. The lowest BCUT2D eigenvalue weighted by atomic mass is 10.3. The molecule has 0 saturated heterocycles. The van der Waals surface area contributed by atoms with Gasteiger partial charge >= 0.3 is 0 Å². The van der Waals surface area contributed by atoms with Crippen molar-refractivity contribution in [3.8, 4) is 5.69 Å². The third-order valence-electron chi connectivity index (χ3n) is 1.96. The third kappa shape index (κ3) is 1.94. The quantitative estimate of drug-likeness (QED) is 0.798. The van der Waals surface area contributed by atoms with E-state index in [9.17, 15) is 8.78 Å². The number of alkyl halides is 1. The number of nitrogens with zero attached hydrogens (tertiary/aromatic N) is 3. The number of hydrogen-bond donors (Lipinski definition) is 0. The van der Waals surface area contributed by atoms with Crippen LogP contribution in [0.3, 0.4) is 0 Å². The molecule has 0 N–H and O–H groups in total. The van der Waals surface area contributed by atoms with Crippen LogP contribution in [-0.2, 0) is 5.88 Å². The van der Waals surface area contributed by atoms with Crippen LogP contribution in [0.4, 0.5) is 8.78 Å². The Labute approximate surface area is 103 Å². The highest BCUT2D eigenvalue weighted by atomic mass is 79.9. The van der Waals surface area contributed by atoms with E-state index in [-0.39, 0.29) is 17.4 Å². The Bertz CT molecular complexity index is 506. The van der Waals surface area contributed by atoms with Crippen molar-refractivity contribution < 1.29 is 8.78 Å². The molecule has 0 atom stereocenters. The minimum absolute atomic E-state index is 0.0228. The van der Waals surface area contributed by atoms with Crippen LogP contribution in [0.25, 0.3) is 5.69 Å². The lowest BCUT2D eigenvalue weighted by molar-refractivity contribution is 0.565. The van der Waals surface area contributed by atoms with Crippen LogP contribution >= 0.6 is 27.5 Å². The first-order valence-electron chi connectivity index (χ1n) is 4.23. The fourth-order valence-electron chi connectivity index (χ4n) is 1.30. The van der Waals surface area contributed by atoms with Crippen molar-refractivity contribution in [2.45, 2.75) is 5.88 Å². The van der Waals surface area contributed by atoms with Crippen LogP contribution in [0.2, 0.25) is 0 Å². The predicted octanol–water partition coefficient (Wildman–Crippen LogP) is 3.05. The maximum Gasteiger partial charge on any atom is 0.152 e. The third-order valence-corrected chi connectivity index (χ3v) is 2.66. The topological polar surface area (TPSA) is 30.7 Å². The number of hydrogen-bond acceptors (Lipinski definition) is 2. The molecule has 3 nitrogen and oxygen atoms in total. The Kier molecular flexibility index (Phi) is 3.20. The molecule has 0 spiro atoms. The summed E-state index contributed by atoms with van der Waals surface area (Å²) >= 11 is 8.58. The summed E-state index contributed by atoms with van der Waals surface area (Å²) in [5.41, 5.74) is -0.233. The van der Waals surface area contributed by atoms with Gasteiger partial charge < -0.3 is 0 Å². The van der Waals surface area contributed by atoms with Crippen molar-refractivity contribution in [3.05, 3.63) is 40.4 Å². The highest BCUT2D eigenvalue weighted by Crippen LogP contribution is 2.23. The summed E-state index contributed by atoms with van der Waals surface area (Å²) in [6.07, 6.45) is 1.22. The van der Waals surface area contributed by atoms with Crippen LogP contribution < -0.4 is 0 Å². The summed E-state index contributed by atoms with van der Waals surface area (Å²) in [5, 5.41) is 7.21. The van der Waals surface area contributed by atoms with E-state index in [1.54, 1.807) is 0 Å². The van der Waals surface area contributed by atoms with Gasteiger partial charge in [0.05, 0.1) is 5.88 Å². The summed E-state index contributed by atoms with van der Waals surface area (Å²) in [7, 11) is 0. The first-order chi connectivity index (χ1) is 7.63. The molecule has 2 aromatic rings. The summed E-state index contributed by atoms with van der Waals surface area (Å²) in [6, 6.07) is 2.33. The van der Waals surface area contributed by atoms with Crippen molar-refractivity contribution in [2.75, 3.05) is 0 Å². The minimum Gasteiger partial charge on any atom is -0.279 e. The lowest BCUT2D eigenvalue weighted by Crippen LogP contribution is -2.04. The van der Waals surface area contributed by atoms with Gasteiger partial charge in [-0.05, 0) is 12.1 Å². The van der Waals surface area contributed by atoms with Crippen LogP contribution in [0.1, 0.15) is 5.82 Å². The molecule has 0 bridgehead atoms. The van der Waals surface area contributed by atoms with Gasteiger partial charge in [-0.15, -0.1) is 21.8 Å². The summed E-state index contributed by atoms with van der Waals surface area (Å²) in [4.78, 5) is 0. The summed E-state index contributed by atoms with van der Waals surface area (Å²) in [6.45, 7) is 0. The van der Waals surface area contributed by atoms with Crippen LogP contribution in [0, 0.1) is 11.6 Å². The highest BCUT2D eigenvalue weighted by molar-refractivity contribution is 9.10. The lowest BCUT2D eigenvalue weighted by Gasteiger charge is -2.07. The van der Waals surface area contributed by atoms with Crippen LogP contribution in [-0.4, -0.2) is 14.8 Å². The van der Waals surface area contributed by atoms with Gasteiger partial charge in [0.15, 0.2) is 17.5 Å². The standard InChI is InChI=1S/C9H5BrClF2N3/c10-5-1-6(12)9(7(13)2-5)16-4-14-15-8(16)3-11/h1-2,4H,3H2. The van der Waals surface area contributed by atoms with Gasteiger partial charge in [-0.25, -0.2) is 8.78 Å². The molecule has 0 fully saturated rings. The average molecular weight is 309 g/mol. The van der Waals surface area contributed by atoms with E-state index < -0.39 is 11.6 Å². The molecule has 84 valence electrons. The largest absolute Gasteiger partial charge is 0.279 e. The first-order valence-corrected chi connectivity index (χ1v) is 5.56. The minimum atomic E-state index is -0.710. The zero-order valence-electron chi connectivity index (χ0n) is 7.79. The summed E-state index contributed by atoms with van der Waals surface area (Å²) in [5.74, 6) is -1.12. The van der Waals surface area contributed by atoms with Crippen molar-refractivity contribution in [3.63, 3.8) is 0 Å². The fourth-order valence-corrected chi connectivity index (χ4v) is 1.89. The molecule has 7 heteroatoms. The average Bonchev–Trinajstić information content (AvgIpc) is 2.64. The Hall–Kier alpha value is -1.01. The van der Waals surface area contributed by atoms with E-state index in [1.807, 2.05) is 0 Å². The van der Waals surface area contributed by atoms with E-state index >= 15 is 0 Å². The maximum absolute atomic E-state index is 13.6. The van der Waals surface area contributed by atoms with Crippen molar-refractivity contribution >= 4 is 27.5 Å². The molecule has 1 aromatic heterocycles. The highest BCUT2D eigenvalue weighted by Gasteiger charge is 2.15. The van der Waals surface area contributed by atoms with Crippen molar-refractivity contribution in [2.24, 2.45) is 0 Å². The van der Waals surface area contributed by atoms with Gasteiger partial charge in [0.1, 0.15) is 12.0 Å². The predicted molar refractivity (Wildman–Crippen MR) is 58.5 cm³/mol. The molecule has 0 unspecified atom stereocenters. The number of benzene rings is 1. The van der Waals surface area contributed by atoms with E-state index in [1.165, 1.54) is 10.9 Å². The first kappa shape index (κ1) is 11.5. The Morgan fingerprint density at radius 1 is 1.31 bits per heavy atom. The zero-order chi connectivity index (χ0) is 11.7. The van der Waals surface area contributed by atoms with Crippen molar-refractivity contribution in [1.29, 1.82) is 0 Å². The molecule has 2 rings (SSSR count). The smallest absolute Gasteiger partial charge is 0.152 e. The number of halogens is 4. The molecule has 1 heterocycles. The monoisotopic (exact) mass is 307 g/mol. The van der Waals surface area contributed by atoms with E-state index in [2.05, 4.69) is 26.1 Å². The van der Waals surface area contributed by atoms with Crippen LogP contribution in [0.15, 0.2) is 22.9 Å². The molecule has 0 aliphatic carbocycles. The Morgan fingerprint density at radius 3 is 2.50 bits per heavy atom. The fraction of sp³-hybridized carbons (Fsp3) is 0.111. The Balaban J connectivity index is 2.64. The summed E-state index contributed by atoms with van der Waals surface area (Å²) < 4.78 is 28.7. The van der Waals surface area contributed by atoms with Gasteiger partial charge in [-0.2, -0.15) is 0 Å². The van der Waals surface area contributed by atoms with E-state index in [4.69, 9.17) is 11.6 Å². The molecule has 16 heavy (non-hydrogen) atoms. The normalized spacial score (nSPS) is 10.8. The molecule has 1 aromatic carbocycles. The molecular weight excluding hydrogens is 303 g/mol. The number of aromatic nitrogens is 3. The molecule has 0 aliphatic rings. The van der Waals surface area contributed by atoms with Gasteiger partial charge in [-0.1, -0.05) is 15.9 Å². The van der Waals surface area contributed by atoms with Crippen molar-refractivity contribution in [1.82, 2.24) is 14.8 Å².